The van der Waals surface area contributed by atoms with Gasteiger partial charge in [0, 0.05) is 13.2 Å². The molecular weight excluding hydrogens is 290 g/mol. The maximum Gasteiger partial charge on any atom is 0.320 e. The standard InChI is InChI=1S/C19H39NO3/c1-3-5-6-7-8-9-10-11-12-13-16-23-17-14-15-20-18(4-2)19(21)22/h18,20H,3-17H2,1-2H3,(H,21,22). The normalized spacial score (nSPS) is 12.4. The third-order valence-corrected chi connectivity index (χ3v) is 4.20. The van der Waals surface area contributed by atoms with Crippen LogP contribution in [0, 0.1) is 0 Å². The zero-order valence-corrected chi connectivity index (χ0v) is 15.4. The summed E-state index contributed by atoms with van der Waals surface area (Å²) >= 11 is 0. The molecule has 0 bridgehead atoms. The van der Waals surface area contributed by atoms with E-state index >= 15 is 0 Å². The summed E-state index contributed by atoms with van der Waals surface area (Å²) in [6.07, 6.45) is 14.9. The number of unbranched alkanes of at least 4 members (excludes halogenated alkanes) is 9. The van der Waals surface area contributed by atoms with Crippen molar-refractivity contribution in [3.05, 3.63) is 0 Å². The molecule has 0 amide bonds. The van der Waals surface area contributed by atoms with E-state index in [-0.39, 0.29) is 0 Å². The SMILES string of the molecule is CCCCCCCCCCCCOCCCNC(CC)C(=O)O. The summed E-state index contributed by atoms with van der Waals surface area (Å²) in [7, 11) is 0. The first-order valence-electron chi connectivity index (χ1n) is 9.76. The van der Waals surface area contributed by atoms with E-state index in [1.54, 1.807) is 0 Å². The van der Waals surface area contributed by atoms with Gasteiger partial charge in [0.05, 0.1) is 0 Å². The average Bonchev–Trinajstić information content (AvgIpc) is 2.54. The molecule has 0 saturated carbocycles. The molecule has 0 aliphatic carbocycles. The zero-order valence-electron chi connectivity index (χ0n) is 15.4. The topological polar surface area (TPSA) is 58.6 Å². The number of carboxylic acid groups (broad SMARTS) is 1. The van der Waals surface area contributed by atoms with Crippen LogP contribution in [0.1, 0.15) is 90.9 Å². The van der Waals surface area contributed by atoms with Gasteiger partial charge in [0.1, 0.15) is 6.04 Å². The maximum atomic E-state index is 10.8. The molecule has 138 valence electrons. The van der Waals surface area contributed by atoms with Crippen LogP contribution in [0.2, 0.25) is 0 Å². The van der Waals surface area contributed by atoms with Gasteiger partial charge in [0.25, 0.3) is 0 Å². The Labute approximate surface area is 143 Å². The summed E-state index contributed by atoms with van der Waals surface area (Å²) in [4.78, 5) is 10.8. The van der Waals surface area contributed by atoms with Crippen LogP contribution in [0.3, 0.4) is 0 Å². The molecule has 0 aromatic heterocycles. The molecule has 0 rings (SSSR count). The third-order valence-electron chi connectivity index (χ3n) is 4.20. The summed E-state index contributed by atoms with van der Waals surface area (Å²) in [5.74, 6) is -0.765. The van der Waals surface area contributed by atoms with Crippen LogP contribution in [0.15, 0.2) is 0 Å². The van der Waals surface area contributed by atoms with Crippen LogP contribution < -0.4 is 5.32 Å². The molecule has 0 fully saturated rings. The van der Waals surface area contributed by atoms with Gasteiger partial charge in [-0.3, -0.25) is 4.79 Å². The molecule has 0 spiro atoms. The van der Waals surface area contributed by atoms with Crippen molar-refractivity contribution in [2.75, 3.05) is 19.8 Å². The molecule has 0 radical (unpaired) electrons. The van der Waals surface area contributed by atoms with E-state index in [4.69, 9.17) is 9.84 Å². The second-order valence-electron chi connectivity index (χ2n) is 6.40. The summed E-state index contributed by atoms with van der Waals surface area (Å²) in [5, 5.41) is 11.9. The van der Waals surface area contributed by atoms with Crippen molar-refractivity contribution < 1.29 is 14.6 Å². The van der Waals surface area contributed by atoms with Gasteiger partial charge >= 0.3 is 5.97 Å². The number of hydrogen-bond acceptors (Lipinski definition) is 3. The van der Waals surface area contributed by atoms with Crippen molar-refractivity contribution in [2.45, 2.75) is 96.9 Å². The molecule has 23 heavy (non-hydrogen) atoms. The minimum atomic E-state index is -0.765. The molecular formula is C19H39NO3. The van der Waals surface area contributed by atoms with E-state index in [1.807, 2.05) is 6.92 Å². The molecule has 1 atom stereocenters. The van der Waals surface area contributed by atoms with Gasteiger partial charge in [-0.1, -0.05) is 71.6 Å². The van der Waals surface area contributed by atoms with Gasteiger partial charge in [0.15, 0.2) is 0 Å². The molecule has 4 heteroatoms. The molecule has 0 saturated heterocycles. The minimum absolute atomic E-state index is 0.419. The number of rotatable bonds is 18. The van der Waals surface area contributed by atoms with Crippen LogP contribution in [0.4, 0.5) is 0 Å². The lowest BCUT2D eigenvalue weighted by molar-refractivity contribution is -0.139. The first kappa shape index (κ1) is 22.4. The number of carbonyl (C=O) groups is 1. The first-order chi connectivity index (χ1) is 11.2. The zero-order chi connectivity index (χ0) is 17.2. The minimum Gasteiger partial charge on any atom is -0.480 e. The van der Waals surface area contributed by atoms with Gasteiger partial charge < -0.3 is 15.2 Å². The highest BCUT2D eigenvalue weighted by molar-refractivity contribution is 5.73. The Bertz CT molecular complexity index is 259. The van der Waals surface area contributed by atoms with Crippen molar-refractivity contribution in [1.29, 1.82) is 0 Å². The third kappa shape index (κ3) is 16.0. The Balaban J connectivity index is 3.12. The highest BCUT2D eigenvalue weighted by atomic mass is 16.5. The maximum absolute atomic E-state index is 10.8. The molecule has 0 aliphatic rings. The Kier molecular flexibility index (Phi) is 17.3. The smallest absolute Gasteiger partial charge is 0.320 e. The van der Waals surface area contributed by atoms with Crippen LogP contribution in [0.5, 0.6) is 0 Å². The monoisotopic (exact) mass is 329 g/mol. The Morgan fingerprint density at radius 3 is 1.91 bits per heavy atom. The van der Waals surface area contributed by atoms with E-state index < -0.39 is 12.0 Å². The predicted molar refractivity (Wildman–Crippen MR) is 97.0 cm³/mol. The Hall–Kier alpha value is -0.610. The van der Waals surface area contributed by atoms with Gasteiger partial charge in [-0.25, -0.2) is 0 Å². The van der Waals surface area contributed by atoms with E-state index in [9.17, 15) is 4.79 Å². The molecule has 0 aliphatic heterocycles. The largest absolute Gasteiger partial charge is 0.480 e. The number of hydrogen-bond donors (Lipinski definition) is 2. The number of nitrogens with one attached hydrogen (secondary N) is 1. The average molecular weight is 330 g/mol. The molecule has 1 unspecified atom stereocenters. The Morgan fingerprint density at radius 1 is 0.870 bits per heavy atom. The summed E-state index contributed by atoms with van der Waals surface area (Å²) in [5.41, 5.74) is 0. The van der Waals surface area contributed by atoms with Crippen LogP contribution in [-0.4, -0.2) is 36.9 Å². The molecule has 0 aromatic carbocycles. The molecule has 0 heterocycles. The van der Waals surface area contributed by atoms with Gasteiger partial charge in [0.2, 0.25) is 0 Å². The molecule has 0 aromatic rings. The second-order valence-corrected chi connectivity index (χ2v) is 6.40. The predicted octanol–water partition coefficient (Wildman–Crippen LogP) is 4.77. The molecule has 4 nitrogen and oxygen atoms in total. The van der Waals surface area contributed by atoms with Crippen molar-refractivity contribution in [3.8, 4) is 0 Å². The van der Waals surface area contributed by atoms with E-state index in [0.717, 1.165) is 26.1 Å². The van der Waals surface area contributed by atoms with Crippen LogP contribution in [0.25, 0.3) is 0 Å². The quantitative estimate of drug-likeness (QED) is 0.356. The first-order valence-corrected chi connectivity index (χ1v) is 9.76. The summed E-state index contributed by atoms with van der Waals surface area (Å²) in [6.45, 7) is 6.42. The lowest BCUT2D eigenvalue weighted by Gasteiger charge is -2.11. The fourth-order valence-corrected chi connectivity index (χ4v) is 2.65. The lowest BCUT2D eigenvalue weighted by Crippen LogP contribution is -2.36. The highest BCUT2D eigenvalue weighted by Crippen LogP contribution is 2.10. The Morgan fingerprint density at radius 2 is 1.39 bits per heavy atom. The van der Waals surface area contributed by atoms with Gasteiger partial charge in [-0.05, 0) is 25.8 Å². The van der Waals surface area contributed by atoms with E-state index in [2.05, 4.69) is 12.2 Å². The fourth-order valence-electron chi connectivity index (χ4n) is 2.65. The van der Waals surface area contributed by atoms with E-state index in [0.29, 0.717) is 13.0 Å². The van der Waals surface area contributed by atoms with Gasteiger partial charge in [-0.15, -0.1) is 0 Å². The van der Waals surface area contributed by atoms with Crippen molar-refractivity contribution in [3.63, 3.8) is 0 Å². The molecule has 2 N–H and O–H groups in total. The summed E-state index contributed by atoms with van der Waals surface area (Å²) < 4.78 is 5.59. The number of aliphatic carboxylic acids is 1. The number of carboxylic acids is 1. The van der Waals surface area contributed by atoms with E-state index in [1.165, 1.54) is 57.8 Å². The van der Waals surface area contributed by atoms with Crippen molar-refractivity contribution in [1.82, 2.24) is 5.32 Å². The number of ether oxygens (including phenoxy) is 1. The summed E-state index contributed by atoms with van der Waals surface area (Å²) in [6, 6.07) is -0.419. The lowest BCUT2D eigenvalue weighted by atomic mass is 10.1. The van der Waals surface area contributed by atoms with Crippen LogP contribution in [-0.2, 0) is 9.53 Å². The highest BCUT2D eigenvalue weighted by Gasteiger charge is 2.12. The van der Waals surface area contributed by atoms with Crippen LogP contribution >= 0.6 is 0 Å². The van der Waals surface area contributed by atoms with Gasteiger partial charge in [-0.2, -0.15) is 0 Å². The second kappa shape index (κ2) is 17.7. The van der Waals surface area contributed by atoms with Crippen molar-refractivity contribution >= 4 is 5.97 Å². The fraction of sp³-hybridized carbons (Fsp3) is 0.947. The van der Waals surface area contributed by atoms with Crippen molar-refractivity contribution in [2.24, 2.45) is 0 Å².